The Morgan fingerprint density at radius 1 is 1.30 bits per heavy atom. The summed E-state index contributed by atoms with van der Waals surface area (Å²) in [5.41, 5.74) is 0.812. The molecule has 0 aliphatic heterocycles. The fourth-order valence-electron chi connectivity index (χ4n) is 2.14. The van der Waals surface area contributed by atoms with Crippen LogP contribution in [0.5, 0.6) is 5.75 Å². The molecular formula is C16H19N3O4. The van der Waals surface area contributed by atoms with Gasteiger partial charge in [-0.05, 0) is 24.6 Å². The van der Waals surface area contributed by atoms with Crippen molar-refractivity contribution in [2.75, 3.05) is 12.4 Å². The third-order valence-corrected chi connectivity index (χ3v) is 3.18. The minimum Gasteiger partial charge on any atom is -0.497 e. The molecule has 2 aromatic rings. The third kappa shape index (κ3) is 4.84. The molecule has 2 amide bonds. The minimum absolute atomic E-state index is 0.0812. The summed E-state index contributed by atoms with van der Waals surface area (Å²) in [5.74, 6) is 1.18. The van der Waals surface area contributed by atoms with Crippen molar-refractivity contribution < 1.29 is 18.8 Å². The number of amides is 2. The summed E-state index contributed by atoms with van der Waals surface area (Å²) in [4.78, 5) is 23.5. The van der Waals surface area contributed by atoms with E-state index in [1.165, 1.54) is 6.92 Å². The highest BCUT2D eigenvalue weighted by Crippen LogP contribution is 2.21. The highest BCUT2D eigenvalue weighted by molar-refractivity contribution is 5.90. The summed E-state index contributed by atoms with van der Waals surface area (Å²) in [6.45, 7) is 3.15. The van der Waals surface area contributed by atoms with E-state index in [1.807, 2.05) is 12.1 Å². The van der Waals surface area contributed by atoms with E-state index in [4.69, 9.17) is 9.26 Å². The Balaban J connectivity index is 2.07. The van der Waals surface area contributed by atoms with Crippen molar-refractivity contribution in [3.05, 3.63) is 41.7 Å². The van der Waals surface area contributed by atoms with Crippen molar-refractivity contribution in [1.82, 2.24) is 10.5 Å². The van der Waals surface area contributed by atoms with Crippen molar-refractivity contribution in [3.8, 4) is 5.75 Å². The molecule has 1 aromatic heterocycles. The van der Waals surface area contributed by atoms with Gasteiger partial charge in [0.2, 0.25) is 11.8 Å². The van der Waals surface area contributed by atoms with Crippen LogP contribution in [0.25, 0.3) is 0 Å². The summed E-state index contributed by atoms with van der Waals surface area (Å²) in [5, 5.41) is 9.12. The van der Waals surface area contributed by atoms with Crippen LogP contribution >= 0.6 is 0 Å². The number of benzene rings is 1. The molecule has 1 heterocycles. The van der Waals surface area contributed by atoms with E-state index in [0.29, 0.717) is 17.3 Å². The standard InChI is InChI=1S/C16H19N3O4/c1-10-8-15(19-23-10)18-16(21)9-14(17-11(2)20)12-4-6-13(22-3)7-5-12/h4-8,14H,9H2,1-3H3,(H,17,20)(H,18,19,21). The molecule has 1 unspecified atom stereocenters. The van der Waals surface area contributed by atoms with E-state index in [-0.39, 0.29) is 18.2 Å². The second kappa shape index (κ2) is 7.44. The van der Waals surface area contributed by atoms with Crippen molar-refractivity contribution in [1.29, 1.82) is 0 Å². The Morgan fingerprint density at radius 3 is 2.52 bits per heavy atom. The predicted octanol–water partition coefficient (Wildman–Crippen LogP) is 2.20. The van der Waals surface area contributed by atoms with Crippen molar-refractivity contribution >= 4 is 17.6 Å². The van der Waals surface area contributed by atoms with Gasteiger partial charge in [-0.15, -0.1) is 0 Å². The number of rotatable bonds is 6. The Labute approximate surface area is 134 Å². The molecule has 23 heavy (non-hydrogen) atoms. The van der Waals surface area contributed by atoms with Gasteiger partial charge in [-0.3, -0.25) is 9.59 Å². The number of ether oxygens (including phenoxy) is 1. The molecule has 122 valence electrons. The van der Waals surface area contributed by atoms with E-state index < -0.39 is 6.04 Å². The lowest BCUT2D eigenvalue weighted by Crippen LogP contribution is -2.29. The highest BCUT2D eigenvalue weighted by Gasteiger charge is 2.18. The topological polar surface area (TPSA) is 93.5 Å². The molecule has 0 radical (unpaired) electrons. The molecule has 0 fully saturated rings. The van der Waals surface area contributed by atoms with E-state index >= 15 is 0 Å². The van der Waals surface area contributed by atoms with Crippen molar-refractivity contribution in [3.63, 3.8) is 0 Å². The monoisotopic (exact) mass is 317 g/mol. The van der Waals surface area contributed by atoms with Crippen LogP contribution in [0.2, 0.25) is 0 Å². The molecular weight excluding hydrogens is 298 g/mol. The van der Waals surface area contributed by atoms with Gasteiger partial charge in [0, 0.05) is 13.0 Å². The predicted molar refractivity (Wildman–Crippen MR) is 84.0 cm³/mol. The molecule has 1 aromatic carbocycles. The number of aromatic nitrogens is 1. The maximum Gasteiger partial charge on any atom is 0.228 e. The van der Waals surface area contributed by atoms with Crippen LogP contribution in [0, 0.1) is 6.92 Å². The number of aryl methyl sites for hydroxylation is 1. The summed E-state index contributed by atoms with van der Waals surface area (Å²) in [6, 6.07) is 8.37. The van der Waals surface area contributed by atoms with Crippen LogP contribution in [0.15, 0.2) is 34.9 Å². The van der Waals surface area contributed by atoms with Gasteiger partial charge in [-0.25, -0.2) is 0 Å². The first kappa shape index (κ1) is 16.5. The fraction of sp³-hybridized carbons (Fsp3) is 0.312. The molecule has 0 aliphatic carbocycles. The zero-order valence-electron chi connectivity index (χ0n) is 13.3. The fourth-order valence-corrected chi connectivity index (χ4v) is 2.14. The molecule has 1 atom stereocenters. The van der Waals surface area contributed by atoms with Crippen LogP contribution < -0.4 is 15.4 Å². The quantitative estimate of drug-likeness (QED) is 0.852. The summed E-state index contributed by atoms with van der Waals surface area (Å²) in [6.07, 6.45) is 0.0812. The highest BCUT2D eigenvalue weighted by atomic mass is 16.5. The second-order valence-corrected chi connectivity index (χ2v) is 5.10. The number of methoxy groups -OCH3 is 1. The molecule has 0 saturated carbocycles. The SMILES string of the molecule is COc1ccc(C(CC(=O)Nc2cc(C)on2)NC(C)=O)cc1. The number of hydrogen-bond acceptors (Lipinski definition) is 5. The van der Waals surface area contributed by atoms with Crippen LogP contribution in [-0.4, -0.2) is 24.1 Å². The molecule has 0 aliphatic rings. The van der Waals surface area contributed by atoms with Gasteiger partial charge in [0.15, 0.2) is 5.82 Å². The van der Waals surface area contributed by atoms with Gasteiger partial charge in [0.25, 0.3) is 0 Å². The number of carbonyl (C=O) groups excluding carboxylic acids is 2. The van der Waals surface area contributed by atoms with E-state index in [2.05, 4.69) is 15.8 Å². The normalized spacial score (nSPS) is 11.6. The number of nitrogens with zero attached hydrogens (tertiary/aromatic N) is 1. The lowest BCUT2D eigenvalue weighted by atomic mass is 10.0. The average molecular weight is 317 g/mol. The minimum atomic E-state index is -0.439. The zero-order chi connectivity index (χ0) is 16.8. The first-order valence-electron chi connectivity index (χ1n) is 7.12. The maximum absolute atomic E-state index is 12.1. The third-order valence-electron chi connectivity index (χ3n) is 3.18. The number of nitrogens with one attached hydrogen (secondary N) is 2. The summed E-state index contributed by atoms with van der Waals surface area (Å²) in [7, 11) is 1.58. The van der Waals surface area contributed by atoms with Gasteiger partial charge in [0.05, 0.1) is 19.6 Å². The molecule has 2 rings (SSSR count). The Bertz CT molecular complexity index is 679. The lowest BCUT2D eigenvalue weighted by Gasteiger charge is -2.18. The molecule has 0 saturated heterocycles. The van der Waals surface area contributed by atoms with Crippen LogP contribution in [-0.2, 0) is 9.59 Å². The molecule has 7 nitrogen and oxygen atoms in total. The molecule has 2 N–H and O–H groups in total. The van der Waals surface area contributed by atoms with Gasteiger partial charge < -0.3 is 19.9 Å². The van der Waals surface area contributed by atoms with Gasteiger partial charge in [-0.1, -0.05) is 17.3 Å². The Morgan fingerprint density at radius 2 is 2.00 bits per heavy atom. The van der Waals surface area contributed by atoms with Crippen molar-refractivity contribution in [2.24, 2.45) is 0 Å². The zero-order valence-corrected chi connectivity index (χ0v) is 13.3. The van der Waals surface area contributed by atoms with Crippen LogP contribution in [0.4, 0.5) is 5.82 Å². The van der Waals surface area contributed by atoms with Crippen molar-refractivity contribution in [2.45, 2.75) is 26.3 Å². The smallest absolute Gasteiger partial charge is 0.228 e. The Kier molecular flexibility index (Phi) is 5.35. The first-order valence-corrected chi connectivity index (χ1v) is 7.12. The molecule has 0 bridgehead atoms. The van der Waals surface area contributed by atoms with E-state index in [0.717, 1.165) is 5.56 Å². The maximum atomic E-state index is 12.1. The largest absolute Gasteiger partial charge is 0.497 e. The van der Waals surface area contributed by atoms with Gasteiger partial charge in [-0.2, -0.15) is 0 Å². The van der Waals surface area contributed by atoms with Crippen LogP contribution in [0.1, 0.15) is 30.7 Å². The average Bonchev–Trinajstić information content (AvgIpc) is 2.91. The molecule has 7 heteroatoms. The lowest BCUT2D eigenvalue weighted by molar-refractivity contribution is -0.120. The number of anilines is 1. The number of carbonyl (C=O) groups is 2. The van der Waals surface area contributed by atoms with Crippen LogP contribution in [0.3, 0.4) is 0 Å². The van der Waals surface area contributed by atoms with Gasteiger partial charge in [0.1, 0.15) is 11.5 Å². The first-order chi connectivity index (χ1) is 11.0. The summed E-state index contributed by atoms with van der Waals surface area (Å²) < 4.78 is 10.0. The second-order valence-electron chi connectivity index (χ2n) is 5.10. The van der Waals surface area contributed by atoms with E-state index in [1.54, 1.807) is 32.2 Å². The summed E-state index contributed by atoms with van der Waals surface area (Å²) >= 11 is 0. The van der Waals surface area contributed by atoms with E-state index in [9.17, 15) is 9.59 Å². The van der Waals surface area contributed by atoms with Gasteiger partial charge >= 0.3 is 0 Å². The number of hydrogen-bond donors (Lipinski definition) is 2. The Hall–Kier alpha value is -2.83. The molecule has 0 spiro atoms.